The number of nitro groups is 1. The van der Waals surface area contributed by atoms with Gasteiger partial charge in [0, 0.05) is 43.5 Å². The number of nitrogens with zero attached hydrogens (tertiary/aromatic N) is 5. The molecule has 5 rings (SSSR count). The van der Waals surface area contributed by atoms with E-state index < -0.39 is 0 Å². The predicted octanol–water partition coefficient (Wildman–Crippen LogP) is 4.98. The zero-order valence-corrected chi connectivity index (χ0v) is 18.6. The van der Waals surface area contributed by atoms with Gasteiger partial charge < -0.3 is 9.80 Å². The van der Waals surface area contributed by atoms with E-state index in [1.54, 1.807) is 12.3 Å². The number of benzene rings is 3. The zero-order chi connectivity index (χ0) is 22.6. The van der Waals surface area contributed by atoms with Crippen LogP contribution in [0.2, 0.25) is 0 Å². The highest BCUT2D eigenvalue weighted by molar-refractivity contribution is 7.22. The van der Waals surface area contributed by atoms with Crippen LogP contribution in [-0.4, -0.2) is 42.3 Å². The molecule has 1 saturated heterocycles. The molecule has 0 radical (unpaired) electrons. The van der Waals surface area contributed by atoms with E-state index in [4.69, 9.17) is 0 Å². The van der Waals surface area contributed by atoms with E-state index in [9.17, 15) is 10.1 Å². The summed E-state index contributed by atoms with van der Waals surface area (Å²) >= 11 is 1.51. The molecule has 0 spiro atoms. The molecule has 0 bridgehead atoms. The van der Waals surface area contributed by atoms with Gasteiger partial charge in [-0.3, -0.25) is 15.5 Å². The van der Waals surface area contributed by atoms with Gasteiger partial charge in [0.1, 0.15) is 5.69 Å². The van der Waals surface area contributed by atoms with Crippen LogP contribution in [0.1, 0.15) is 5.56 Å². The van der Waals surface area contributed by atoms with Crippen LogP contribution in [0.4, 0.5) is 22.2 Å². The maximum Gasteiger partial charge on any atom is 0.293 e. The number of hydrogen-bond acceptors (Lipinski definition) is 8. The van der Waals surface area contributed by atoms with Gasteiger partial charge in [-0.1, -0.05) is 47.7 Å². The highest BCUT2D eigenvalue weighted by Gasteiger charge is 2.24. The molecule has 0 atom stereocenters. The molecule has 1 aromatic heterocycles. The molecule has 3 aromatic carbocycles. The number of hydrogen-bond donors (Lipinski definition) is 1. The minimum absolute atomic E-state index is 0.0899. The predicted molar refractivity (Wildman–Crippen MR) is 135 cm³/mol. The molecule has 0 amide bonds. The van der Waals surface area contributed by atoms with Gasteiger partial charge >= 0.3 is 0 Å². The van der Waals surface area contributed by atoms with Crippen LogP contribution in [0.5, 0.6) is 0 Å². The number of thiazole rings is 1. The topological polar surface area (TPSA) is 86.9 Å². The lowest BCUT2D eigenvalue weighted by molar-refractivity contribution is -0.384. The second-order valence-electron chi connectivity index (χ2n) is 7.67. The number of hydrazone groups is 1. The van der Waals surface area contributed by atoms with Crippen LogP contribution in [0.15, 0.2) is 77.9 Å². The smallest absolute Gasteiger partial charge is 0.293 e. The highest BCUT2D eigenvalue weighted by Crippen LogP contribution is 2.30. The van der Waals surface area contributed by atoms with Crippen molar-refractivity contribution in [3.05, 3.63) is 88.5 Å². The summed E-state index contributed by atoms with van der Waals surface area (Å²) in [5, 5.41) is 16.7. The standard InChI is InChI=1S/C24H22N6O2S/c31-30(32)22-16-18(17-25-27-24-26-20-8-4-5-9-23(20)33-24)10-11-21(22)29-14-12-28(13-15-29)19-6-2-1-3-7-19/h1-11,16-17H,12-15H2,(H,26,27)/b25-17-. The Balaban J connectivity index is 1.28. The Morgan fingerprint density at radius 1 is 0.970 bits per heavy atom. The number of aromatic nitrogens is 1. The summed E-state index contributed by atoms with van der Waals surface area (Å²) in [4.78, 5) is 20.3. The van der Waals surface area contributed by atoms with Crippen molar-refractivity contribution in [3.63, 3.8) is 0 Å². The number of piperazine rings is 1. The van der Waals surface area contributed by atoms with Gasteiger partial charge in [-0.2, -0.15) is 5.10 Å². The van der Waals surface area contributed by atoms with Gasteiger partial charge in [-0.15, -0.1) is 0 Å². The van der Waals surface area contributed by atoms with Crippen molar-refractivity contribution < 1.29 is 4.92 Å². The van der Waals surface area contributed by atoms with E-state index in [-0.39, 0.29) is 10.6 Å². The van der Waals surface area contributed by atoms with Gasteiger partial charge in [0.15, 0.2) is 0 Å². The van der Waals surface area contributed by atoms with Crippen molar-refractivity contribution >= 4 is 50.0 Å². The Morgan fingerprint density at radius 3 is 2.45 bits per heavy atom. The summed E-state index contributed by atoms with van der Waals surface area (Å²) in [6, 6.07) is 23.3. The van der Waals surface area contributed by atoms with Crippen molar-refractivity contribution in [1.29, 1.82) is 0 Å². The Kier molecular flexibility index (Phi) is 5.86. The van der Waals surface area contributed by atoms with Gasteiger partial charge in [0.05, 0.1) is 21.4 Å². The molecule has 1 N–H and O–H groups in total. The van der Waals surface area contributed by atoms with E-state index in [1.807, 2.05) is 54.6 Å². The largest absolute Gasteiger partial charge is 0.368 e. The number of fused-ring (bicyclic) bond motifs is 1. The van der Waals surface area contributed by atoms with Crippen LogP contribution < -0.4 is 15.2 Å². The summed E-state index contributed by atoms with van der Waals surface area (Å²) < 4.78 is 1.07. The first kappa shape index (κ1) is 20.9. The van der Waals surface area contributed by atoms with E-state index in [1.165, 1.54) is 17.0 Å². The maximum atomic E-state index is 11.8. The average molecular weight is 459 g/mol. The van der Waals surface area contributed by atoms with E-state index in [0.29, 0.717) is 16.4 Å². The third-order valence-corrected chi connectivity index (χ3v) is 6.55. The molecular formula is C24H22N6O2S. The van der Waals surface area contributed by atoms with Gasteiger partial charge in [0.2, 0.25) is 5.13 Å². The molecule has 1 aliphatic rings. The van der Waals surface area contributed by atoms with Crippen molar-refractivity contribution in [3.8, 4) is 0 Å². The molecule has 0 saturated carbocycles. The summed E-state index contributed by atoms with van der Waals surface area (Å²) in [5.74, 6) is 0. The molecule has 4 aromatic rings. The van der Waals surface area contributed by atoms with Gasteiger partial charge in [-0.25, -0.2) is 4.98 Å². The van der Waals surface area contributed by atoms with Crippen molar-refractivity contribution in [2.24, 2.45) is 5.10 Å². The summed E-state index contributed by atoms with van der Waals surface area (Å²) in [5.41, 5.74) is 6.40. The van der Waals surface area contributed by atoms with Crippen LogP contribution in [0.25, 0.3) is 10.2 Å². The second kappa shape index (κ2) is 9.25. The zero-order valence-electron chi connectivity index (χ0n) is 17.8. The first-order valence-electron chi connectivity index (χ1n) is 10.7. The Labute approximate surface area is 194 Å². The van der Waals surface area contributed by atoms with E-state index in [0.717, 1.165) is 36.4 Å². The van der Waals surface area contributed by atoms with Gasteiger partial charge in [-0.05, 0) is 30.3 Å². The lowest BCUT2D eigenvalue weighted by Crippen LogP contribution is -2.46. The molecule has 1 fully saturated rings. The number of rotatable bonds is 6. The molecule has 33 heavy (non-hydrogen) atoms. The van der Waals surface area contributed by atoms with Crippen molar-refractivity contribution in [1.82, 2.24) is 4.98 Å². The normalized spacial score (nSPS) is 14.2. The molecule has 0 unspecified atom stereocenters. The number of nitrogens with one attached hydrogen (secondary N) is 1. The summed E-state index contributed by atoms with van der Waals surface area (Å²) in [7, 11) is 0. The fraction of sp³-hybridized carbons (Fsp3) is 0.167. The molecule has 8 nitrogen and oxygen atoms in total. The van der Waals surface area contributed by atoms with Crippen LogP contribution in [-0.2, 0) is 0 Å². The van der Waals surface area contributed by atoms with Crippen LogP contribution >= 0.6 is 11.3 Å². The second-order valence-corrected chi connectivity index (χ2v) is 8.70. The quantitative estimate of drug-likeness (QED) is 0.249. The summed E-state index contributed by atoms with van der Waals surface area (Å²) in [6.07, 6.45) is 1.58. The fourth-order valence-corrected chi connectivity index (χ4v) is 4.78. The molecule has 0 aliphatic carbocycles. The van der Waals surface area contributed by atoms with Gasteiger partial charge in [0.25, 0.3) is 5.69 Å². The molecule has 9 heteroatoms. The molecule has 1 aliphatic heterocycles. The monoisotopic (exact) mass is 458 g/mol. The SMILES string of the molecule is O=[N+]([O-])c1cc(/C=N\Nc2nc3ccccc3s2)ccc1N1CCN(c2ccccc2)CC1. The number of para-hydroxylation sites is 2. The number of anilines is 3. The van der Waals surface area contributed by atoms with Crippen molar-refractivity contribution in [2.45, 2.75) is 0 Å². The van der Waals surface area contributed by atoms with Crippen LogP contribution in [0, 0.1) is 10.1 Å². The van der Waals surface area contributed by atoms with E-state index >= 15 is 0 Å². The van der Waals surface area contributed by atoms with Crippen LogP contribution in [0.3, 0.4) is 0 Å². The minimum atomic E-state index is -0.322. The van der Waals surface area contributed by atoms with Crippen molar-refractivity contribution in [2.75, 3.05) is 41.4 Å². The fourth-order valence-electron chi connectivity index (χ4n) is 3.96. The molecule has 2 heterocycles. The Bertz CT molecular complexity index is 1270. The average Bonchev–Trinajstić information content (AvgIpc) is 3.27. The lowest BCUT2D eigenvalue weighted by Gasteiger charge is -2.37. The third-order valence-electron chi connectivity index (χ3n) is 5.61. The third kappa shape index (κ3) is 4.63. The maximum absolute atomic E-state index is 11.8. The molecular weight excluding hydrogens is 436 g/mol. The lowest BCUT2D eigenvalue weighted by atomic mass is 10.1. The first-order valence-corrected chi connectivity index (χ1v) is 11.5. The minimum Gasteiger partial charge on any atom is -0.368 e. The van der Waals surface area contributed by atoms with E-state index in [2.05, 4.69) is 37.4 Å². The Hall–Kier alpha value is -3.98. The molecule has 166 valence electrons. The number of nitro benzene ring substituents is 1. The summed E-state index contributed by atoms with van der Waals surface area (Å²) in [6.45, 7) is 3.08. The first-order chi connectivity index (χ1) is 16.2. The highest BCUT2D eigenvalue weighted by atomic mass is 32.1. The Morgan fingerprint density at radius 2 is 1.70 bits per heavy atom.